The first-order valence-corrected chi connectivity index (χ1v) is 8.08. The number of rotatable bonds is 7. The van der Waals surface area contributed by atoms with Crippen LogP contribution in [-0.2, 0) is 14.8 Å². The second-order valence-electron chi connectivity index (χ2n) is 5.23. The summed E-state index contributed by atoms with van der Waals surface area (Å²) >= 11 is 0. The van der Waals surface area contributed by atoms with Crippen LogP contribution in [-0.4, -0.2) is 32.9 Å². The zero-order valence-corrected chi connectivity index (χ0v) is 11.9. The SMILES string of the molecule is CC(C)CCCCNS(=O)(=O)C1CCOC1C. The monoisotopic (exact) mass is 263 g/mol. The van der Waals surface area contributed by atoms with Gasteiger partial charge in [0.2, 0.25) is 10.0 Å². The zero-order valence-electron chi connectivity index (χ0n) is 11.1. The maximum atomic E-state index is 11.9. The average molecular weight is 263 g/mol. The Bertz CT molecular complexity index is 314. The Morgan fingerprint density at radius 3 is 2.59 bits per heavy atom. The number of hydrogen-bond acceptors (Lipinski definition) is 3. The van der Waals surface area contributed by atoms with Crippen molar-refractivity contribution < 1.29 is 13.2 Å². The molecule has 0 radical (unpaired) electrons. The molecule has 1 fully saturated rings. The zero-order chi connectivity index (χ0) is 12.9. The van der Waals surface area contributed by atoms with E-state index in [4.69, 9.17) is 4.74 Å². The van der Waals surface area contributed by atoms with Crippen LogP contribution in [0.1, 0.15) is 46.5 Å². The normalized spacial score (nSPS) is 25.6. The average Bonchev–Trinajstić information content (AvgIpc) is 2.64. The molecule has 1 rings (SSSR count). The molecular formula is C12H25NO3S. The van der Waals surface area contributed by atoms with Crippen molar-refractivity contribution >= 4 is 10.0 Å². The first-order valence-electron chi connectivity index (χ1n) is 6.53. The number of nitrogens with one attached hydrogen (secondary N) is 1. The molecule has 2 unspecified atom stereocenters. The topological polar surface area (TPSA) is 55.4 Å². The van der Waals surface area contributed by atoms with E-state index in [0.29, 0.717) is 25.5 Å². The number of ether oxygens (including phenoxy) is 1. The summed E-state index contributed by atoms with van der Waals surface area (Å²) in [6.45, 7) is 7.30. The van der Waals surface area contributed by atoms with Gasteiger partial charge in [0.25, 0.3) is 0 Å². The third-order valence-electron chi connectivity index (χ3n) is 3.22. The molecule has 0 spiro atoms. The standard InChI is InChI=1S/C12H25NO3S/c1-10(2)6-4-5-8-13-17(14,15)12-7-9-16-11(12)3/h10-13H,4-9H2,1-3H3. The Hall–Kier alpha value is -0.130. The second-order valence-corrected chi connectivity index (χ2v) is 7.22. The van der Waals surface area contributed by atoms with Gasteiger partial charge >= 0.3 is 0 Å². The minimum atomic E-state index is -3.18. The molecule has 17 heavy (non-hydrogen) atoms. The molecule has 0 bridgehead atoms. The van der Waals surface area contributed by atoms with Crippen molar-refractivity contribution in [2.24, 2.45) is 5.92 Å². The Morgan fingerprint density at radius 1 is 1.35 bits per heavy atom. The minimum absolute atomic E-state index is 0.178. The van der Waals surface area contributed by atoms with E-state index in [1.165, 1.54) is 0 Å². The van der Waals surface area contributed by atoms with E-state index in [1.807, 2.05) is 6.92 Å². The summed E-state index contributed by atoms with van der Waals surface area (Å²) in [5.74, 6) is 0.690. The van der Waals surface area contributed by atoms with E-state index in [9.17, 15) is 8.42 Å². The highest BCUT2D eigenvalue weighted by Crippen LogP contribution is 2.19. The molecule has 1 heterocycles. The molecule has 0 amide bonds. The van der Waals surface area contributed by atoms with Gasteiger partial charge in [-0.1, -0.05) is 26.7 Å². The van der Waals surface area contributed by atoms with Gasteiger partial charge in [0.1, 0.15) is 5.25 Å². The van der Waals surface area contributed by atoms with Crippen molar-refractivity contribution in [1.82, 2.24) is 4.72 Å². The van der Waals surface area contributed by atoms with Crippen molar-refractivity contribution in [3.05, 3.63) is 0 Å². The predicted octanol–water partition coefficient (Wildman–Crippen LogP) is 1.91. The molecule has 1 N–H and O–H groups in total. The third kappa shape index (κ3) is 4.94. The summed E-state index contributed by atoms with van der Waals surface area (Å²) in [5.41, 5.74) is 0. The molecular weight excluding hydrogens is 238 g/mol. The number of sulfonamides is 1. The van der Waals surface area contributed by atoms with Crippen molar-refractivity contribution in [3.8, 4) is 0 Å². The summed E-state index contributed by atoms with van der Waals surface area (Å²) in [4.78, 5) is 0. The van der Waals surface area contributed by atoms with Gasteiger partial charge in [-0.25, -0.2) is 13.1 Å². The number of hydrogen-bond donors (Lipinski definition) is 1. The lowest BCUT2D eigenvalue weighted by Gasteiger charge is -2.15. The van der Waals surface area contributed by atoms with E-state index in [0.717, 1.165) is 19.3 Å². The fourth-order valence-corrected chi connectivity index (χ4v) is 3.75. The fraction of sp³-hybridized carbons (Fsp3) is 1.00. The van der Waals surface area contributed by atoms with Crippen LogP contribution in [0.4, 0.5) is 0 Å². The Labute approximate surface area is 105 Å². The van der Waals surface area contributed by atoms with Crippen LogP contribution in [0.3, 0.4) is 0 Å². The lowest BCUT2D eigenvalue weighted by molar-refractivity contribution is 0.126. The van der Waals surface area contributed by atoms with Crippen LogP contribution >= 0.6 is 0 Å². The van der Waals surface area contributed by atoms with Crippen LogP contribution in [0, 0.1) is 5.92 Å². The molecule has 4 nitrogen and oxygen atoms in total. The van der Waals surface area contributed by atoms with Gasteiger partial charge in [0.15, 0.2) is 0 Å². The summed E-state index contributed by atoms with van der Waals surface area (Å²) in [6, 6.07) is 0. The third-order valence-corrected chi connectivity index (χ3v) is 5.24. The molecule has 0 aliphatic carbocycles. The quantitative estimate of drug-likeness (QED) is 0.714. The van der Waals surface area contributed by atoms with E-state index < -0.39 is 10.0 Å². The van der Waals surface area contributed by atoms with E-state index in [-0.39, 0.29) is 11.4 Å². The minimum Gasteiger partial charge on any atom is -0.377 e. The van der Waals surface area contributed by atoms with E-state index in [1.54, 1.807) is 0 Å². The van der Waals surface area contributed by atoms with Crippen LogP contribution in [0.5, 0.6) is 0 Å². The molecule has 0 aromatic carbocycles. The van der Waals surface area contributed by atoms with Gasteiger partial charge in [0, 0.05) is 13.2 Å². The highest BCUT2D eigenvalue weighted by Gasteiger charge is 2.35. The maximum absolute atomic E-state index is 11.9. The molecule has 0 saturated carbocycles. The predicted molar refractivity (Wildman–Crippen MR) is 69.4 cm³/mol. The van der Waals surface area contributed by atoms with Gasteiger partial charge in [0.05, 0.1) is 6.10 Å². The van der Waals surface area contributed by atoms with Crippen LogP contribution in [0.25, 0.3) is 0 Å². The second kappa shape index (κ2) is 6.71. The molecule has 5 heteroatoms. The smallest absolute Gasteiger partial charge is 0.217 e. The first-order chi connectivity index (χ1) is 7.93. The molecule has 1 aliphatic rings. The number of unbranched alkanes of at least 4 members (excludes halogenated alkanes) is 1. The van der Waals surface area contributed by atoms with Crippen LogP contribution in [0.2, 0.25) is 0 Å². The molecule has 1 aliphatic heterocycles. The van der Waals surface area contributed by atoms with Gasteiger partial charge in [-0.05, 0) is 25.7 Å². The van der Waals surface area contributed by atoms with E-state index >= 15 is 0 Å². The summed E-state index contributed by atoms with van der Waals surface area (Å²) in [7, 11) is -3.18. The fourth-order valence-electron chi connectivity index (χ4n) is 2.12. The molecule has 102 valence electrons. The Kier molecular flexibility index (Phi) is 5.89. The summed E-state index contributed by atoms with van der Waals surface area (Å²) < 4.78 is 31.9. The Morgan fingerprint density at radius 2 is 2.06 bits per heavy atom. The van der Waals surface area contributed by atoms with Gasteiger partial charge < -0.3 is 4.74 Å². The van der Waals surface area contributed by atoms with Crippen molar-refractivity contribution in [2.75, 3.05) is 13.2 Å². The molecule has 1 saturated heterocycles. The summed E-state index contributed by atoms with van der Waals surface area (Å²) in [6.07, 6.45) is 3.59. The first kappa shape index (κ1) is 14.9. The van der Waals surface area contributed by atoms with Crippen molar-refractivity contribution in [3.63, 3.8) is 0 Å². The van der Waals surface area contributed by atoms with Crippen molar-refractivity contribution in [2.45, 2.75) is 57.8 Å². The summed E-state index contributed by atoms with van der Waals surface area (Å²) in [5, 5.41) is -0.368. The van der Waals surface area contributed by atoms with Gasteiger partial charge in [-0.3, -0.25) is 0 Å². The lowest BCUT2D eigenvalue weighted by atomic mass is 10.1. The van der Waals surface area contributed by atoms with E-state index in [2.05, 4.69) is 18.6 Å². The van der Waals surface area contributed by atoms with Crippen LogP contribution in [0.15, 0.2) is 0 Å². The highest BCUT2D eigenvalue weighted by atomic mass is 32.2. The van der Waals surface area contributed by atoms with Crippen LogP contribution < -0.4 is 4.72 Å². The van der Waals surface area contributed by atoms with Gasteiger partial charge in [-0.2, -0.15) is 0 Å². The molecule has 2 atom stereocenters. The lowest BCUT2D eigenvalue weighted by Crippen LogP contribution is -2.38. The molecule has 0 aromatic rings. The van der Waals surface area contributed by atoms with Gasteiger partial charge in [-0.15, -0.1) is 0 Å². The Balaban J connectivity index is 2.25. The molecule has 0 aromatic heterocycles. The maximum Gasteiger partial charge on any atom is 0.217 e. The largest absolute Gasteiger partial charge is 0.377 e. The highest BCUT2D eigenvalue weighted by molar-refractivity contribution is 7.90. The van der Waals surface area contributed by atoms with Crippen molar-refractivity contribution in [1.29, 1.82) is 0 Å².